The predicted molar refractivity (Wildman–Crippen MR) is 61.5 cm³/mol. The average Bonchev–Trinajstić information content (AvgIpc) is 2.34. The highest BCUT2D eigenvalue weighted by atomic mass is 19.2. The van der Waals surface area contributed by atoms with Crippen molar-refractivity contribution in [3.05, 3.63) is 0 Å². The standard InChI is InChI=1S/C13H22F2O2/c1-8-3-5-10(17-7-8)9-4-6-11(16-2)13(15)12(9)14/h8-13H,3-7H2,1-2H3. The second kappa shape index (κ2) is 5.61. The van der Waals surface area contributed by atoms with Crippen molar-refractivity contribution in [2.24, 2.45) is 11.8 Å². The number of hydrogen-bond donors (Lipinski definition) is 0. The van der Waals surface area contributed by atoms with E-state index in [9.17, 15) is 8.78 Å². The Bertz CT molecular complexity index is 240. The van der Waals surface area contributed by atoms with Gasteiger partial charge in [0.15, 0.2) is 6.17 Å². The van der Waals surface area contributed by atoms with E-state index in [1.165, 1.54) is 7.11 Å². The maximum absolute atomic E-state index is 14.0. The number of halogens is 2. The highest BCUT2D eigenvalue weighted by Crippen LogP contribution is 2.37. The first kappa shape index (κ1) is 13.2. The van der Waals surface area contributed by atoms with Gasteiger partial charge in [0.1, 0.15) is 6.17 Å². The zero-order chi connectivity index (χ0) is 12.4. The summed E-state index contributed by atoms with van der Waals surface area (Å²) in [6.07, 6.45) is -0.443. The zero-order valence-corrected chi connectivity index (χ0v) is 10.6. The van der Waals surface area contributed by atoms with Gasteiger partial charge in [-0.1, -0.05) is 6.92 Å². The Morgan fingerprint density at radius 3 is 2.41 bits per heavy atom. The van der Waals surface area contributed by atoms with Gasteiger partial charge in [-0.15, -0.1) is 0 Å². The molecule has 2 aliphatic rings. The molecule has 17 heavy (non-hydrogen) atoms. The van der Waals surface area contributed by atoms with E-state index in [0.717, 1.165) is 12.8 Å². The zero-order valence-electron chi connectivity index (χ0n) is 10.6. The molecular weight excluding hydrogens is 226 g/mol. The molecule has 0 aromatic heterocycles. The summed E-state index contributed by atoms with van der Waals surface area (Å²) in [4.78, 5) is 0. The number of ether oxygens (including phenoxy) is 2. The minimum absolute atomic E-state index is 0.0998. The Kier molecular flexibility index (Phi) is 4.36. The molecule has 2 rings (SSSR count). The van der Waals surface area contributed by atoms with Crippen molar-refractivity contribution < 1.29 is 18.3 Å². The highest BCUT2D eigenvalue weighted by Gasteiger charge is 2.44. The van der Waals surface area contributed by atoms with E-state index in [-0.39, 0.29) is 12.0 Å². The van der Waals surface area contributed by atoms with Gasteiger partial charge in [-0.25, -0.2) is 8.78 Å². The van der Waals surface area contributed by atoms with E-state index in [2.05, 4.69) is 6.92 Å². The molecule has 6 unspecified atom stereocenters. The van der Waals surface area contributed by atoms with Crippen LogP contribution in [0, 0.1) is 11.8 Å². The van der Waals surface area contributed by atoms with Crippen LogP contribution in [0.4, 0.5) is 8.78 Å². The van der Waals surface area contributed by atoms with Gasteiger partial charge < -0.3 is 9.47 Å². The van der Waals surface area contributed by atoms with E-state index in [1.807, 2.05) is 0 Å². The fourth-order valence-electron chi connectivity index (χ4n) is 3.00. The fourth-order valence-corrected chi connectivity index (χ4v) is 3.00. The molecule has 6 atom stereocenters. The Morgan fingerprint density at radius 1 is 1.06 bits per heavy atom. The van der Waals surface area contributed by atoms with Crippen molar-refractivity contribution in [3.8, 4) is 0 Å². The van der Waals surface area contributed by atoms with Gasteiger partial charge in [-0.05, 0) is 31.6 Å². The highest BCUT2D eigenvalue weighted by molar-refractivity contribution is 4.93. The summed E-state index contributed by atoms with van der Waals surface area (Å²) >= 11 is 0. The maximum atomic E-state index is 14.0. The molecule has 0 aromatic rings. The maximum Gasteiger partial charge on any atom is 0.157 e. The molecule has 1 aliphatic heterocycles. The minimum atomic E-state index is -1.50. The molecule has 4 heteroatoms. The van der Waals surface area contributed by atoms with Gasteiger partial charge in [-0.3, -0.25) is 0 Å². The molecule has 1 saturated heterocycles. The van der Waals surface area contributed by atoms with Gasteiger partial charge in [0.25, 0.3) is 0 Å². The molecule has 0 bridgehead atoms. The Labute approximate surface area is 102 Å². The molecule has 0 N–H and O–H groups in total. The van der Waals surface area contributed by atoms with Crippen molar-refractivity contribution in [1.29, 1.82) is 0 Å². The first-order valence-corrected chi connectivity index (χ1v) is 6.56. The molecule has 1 aliphatic carbocycles. The molecule has 0 radical (unpaired) electrons. The van der Waals surface area contributed by atoms with Crippen LogP contribution in [0.25, 0.3) is 0 Å². The van der Waals surface area contributed by atoms with Crippen LogP contribution in [-0.2, 0) is 9.47 Å². The van der Waals surface area contributed by atoms with Crippen LogP contribution in [0.1, 0.15) is 32.6 Å². The van der Waals surface area contributed by atoms with E-state index in [0.29, 0.717) is 25.4 Å². The van der Waals surface area contributed by atoms with Gasteiger partial charge in [-0.2, -0.15) is 0 Å². The molecule has 0 aromatic carbocycles. The second-order valence-electron chi connectivity index (χ2n) is 5.46. The van der Waals surface area contributed by atoms with Crippen molar-refractivity contribution in [1.82, 2.24) is 0 Å². The summed E-state index contributed by atoms with van der Waals surface area (Å²) in [5.41, 5.74) is 0. The van der Waals surface area contributed by atoms with Crippen molar-refractivity contribution >= 4 is 0 Å². The first-order valence-electron chi connectivity index (χ1n) is 6.56. The number of methoxy groups -OCH3 is 1. The second-order valence-corrected chi connectivity index (χ2v) is 5.46. The molecule has 2 nitrogen and oxygen atoms in total. The lowest BCUT2D eigenvalue weighted by Crippen LogP contribution is -2.48. The van der Waals surface area contributed by atoms with Gasteiger partial charge in [0, 0.05) is 19.6 Å². The molecular formula is C13H22F2O2. The van der Waals surface area contributed by atoms with Gasteiger partial charge in [0.05, 0.1) is 12.2 Å². The quantitative estimate of drug-likeness (QED) is 0.748. The third-order valence-corrected chi connectivity index (χ3v) is 4.17. The number of alkyl halides is 2. The van der Waals surface area contributed by atoms with Crippen molar-refractivity contribution in [2.75, 3.05) is 13.7 Å². The minimum Gasteiger partial charge on any atom is -0.378 e. The lowest BCUT2D eigenvalue weighted by atomic mass is 9.78. The van der Waals surface area contributed by atoms with E-state index >= 15 is 0 Å². The van der Waals surface area contributed by atoms with Gasteiger partial charge >= 0.3 is 0 Å². The average molecular weight is 248 g/mol. The third-order valence-electron chi connectivity index (χ3n) is 4.17. The van der Waals surface area contributed by atoms with E-state index < -0.39 is 18.4 Å². The summed E-state index contributed by atoms with van der Waals surface area (Å²) in [7, 11) is 1.45. The van der Waals surface area contributed by atoms with E-state index in [4.69, 9.17) is 9.47 Å². The van der Waals surface area contributed by atoms with Gasteiger partial charge in [0.2, 0.25) is 0 Å². The Balaban J connectivity index is 1.93. The molecule has 1 heterocycles. The normalized spacial score (nSPS) is 48.0. The third kappa shape index (κ3) is 2.79. The molecule has 2 fully saturated rings. The van der Waals surface area contributed by atoms with Crippen LogP contribution >= 0.6 is 0 Å². The summed E-state index contributed by atoms with van der Waals surface area (Å²) in [5.74, 6) is 0.254. The monoisotopic (exact) mass is 248 g/mol. The summed E-state index contributed by atoms with van der Waals surface area (Å²) in [6.45, 7) is 2.81. The Hall–Kier alpha value is -0.220. The fraction of sp³-hybridized carbons (Fsp3) is 1.00. The van der Waals surface area contributed by atoms with Crippen LogP contribution in [0.3, 0.4) is 0 Å². The Morgan fingerprint density at radius 2 is 1.82 bits per heavy atom. The van der Waals surface area contributed by atoms with Crippen molar-refractivity contribution in [3.63, 3.8) is 0 Å². The van der Waals surface area contributed by atoms with Crippen LogP contribution < -0.4 is 0 Å². The molecule has 0 amide bonds. The van der Waals surface area contributed by atoms with Crippen LogP contribution in [0.15, 0.2) is 0 Å². The lowest BCUT2D eigenvalue weighted by Gasteiger charge is -2.40. The summed E-state index contributed by atoms with van der Waals surface area (Å²) in [6, 6.07) is 0. The van der Waals surface area contributed by atoms with E-state index in [1.54, 1.807) is 0 Å². The number of hydrogen-bond acceptors (Lipinski definition) is 2. The van der Waals surface area contributed by atoms with Crippen molar-refractivity contribution in [2.45, 2.75) is 57.2 Å². The molecule has 1 saturated carbocycles. The van der Waals surface area contributed by atoms with Crippen LogP contribution in [0.5, 0.6) is 0 Å². The predicted octanol–water partition coefficient (Wildman–Crippen LogP) is 2.90. The molecule has 0 spiro atoms. The lowest BCUT2D eigenvalue weighted by molar-refractivity contribution is -0.116. The summed E-state index contributed by atoms with van der Waals surface area (Å²) < 4.78 is 38.4. The first-order chi connectivity index (χ1) is 8.13. The number of rotatable bonds is 2. The topological polar surface area (TPSA) is 18.5 Å². The SMILES string of the molecule is COC1CCC(C2CCC(C)CO2)C(F)C1F. The largest absolute Gasteiger partial charge is 0.378 e. The van der Waals surface area contributed by atoms with Crippen LogP contribution in [-0.4, -0.2) is 38.3 Å². The molecule has 100 valence electrons. The summed E-state index contributed by atoms with van der Waals surface area (Å²) in [5, 5.41) is 0. The van der Waals surface area contributed by atoms with Crippen LogP contribution in [0.2, 0.25) is 0 Å². The smallest absolute Gasteiger partial charge is 0.157 e.